The topological polar surface area (TPSA) is 39.1 Å². The van der Waals surface area contributed by atoms with Gasteiger partial charge in [0, 0.05) is 11.8 Å². The Balaban J connectivity index is 2.33. The molecule has 98 valence electrons. The Bertz CT molecular complexity index is 692. The molecule has 1 aromatic heterocycles. The molecule has 19 heavy (non-hydrogen) atoms. The van der Waals surface area contributed by atoms with Gasteiger partial charge in [-0.25, -0.2) is 8.78 Å². The van der Waals surface area contributed by atoms with Gasteiger partial charge in [-0.2, -0.15) is 0 Å². The molecule has 0 aliphatic heterocycles. The van der Waals surface area contributed by atoms with E-state index in [-0.39, 0.29) is 17.7 Å². The zero-order valence-corrected chi connectivity index (χ0v) is 10.2. The largest absolute Gasteiger partial charge is 0.308 e. The second-order valence-corrected chi connectivity index (χ2v) is 4.17. The van der Waals surface area contributed by atoms with Crippen molar-refractivity contribution in [2.75, 3.05) is 0 Å². The number of benzene rings is 1. The quantitative estimate of drug-likeness (QED) is 0.797. The Morgan fingerprint density at radius 2 is 2.00 bits per heavy atom. The maximum absolute atomic E-state index is 13.4. The van der Waals surface area contributed by atoms with Gasteiger partial charge in [0.1, 0.15) is 11.6 Å². The van der Waals surface area contributed by atoms with Crippen molar-refractivity contribution >= 4 is 5.78 Å². The number of hydrogen-bond donors (Lipinski definition) is 0. The van der Waals surface area contributed by atoms with Gasteiger partial charge in [0.05, 0.1) is 12.1 Å². The molecule has 0 bridgehead atoms. The van der Waals surface area contributed by atoms with E-state index in [4.69, 9.17) is 0 Å². The maximum Gasteiger partial charge on any atom is 0.253 e. The van der Waals surface area contributed by atoms with Gasteiger partial charge in [-0.15, -0.1) is 0 Å². The van der Waals surface area contributed by atoms with Crippen LogP contribution in [0.3, 0.4) is 0 Å². The van der Waals surface area contributed by atoms with Crippen LogP contribution in [0.2, 0.25) is 0 Å². The number of halogens is 2. The summed E-state index contributed by atoms with van der Waals surface area (Å²) < 4.78 is 27.6. The fraction of sp³-hybridized carbons (Fsp3) is 0.143. The first-order valence-electron chi connectivity index (χ1n) is 5.63. The van der Waals surface area contributed by atoms with Gasteiger partial charge >= 0.3 is 0 Å². The van der Waals surface area contributed by atoms with E-state index in [9.17, 15) is 18.4 Å². The molecule has 0 fully saturated rings. The lowest BCUT2D eigenvalue weighted by Crippen LogP contribution is -2.25. The number of Topliss-reactive ketones (excluding diaryl/α,β-unsaturated/α-hetero) is 1. The molecular weight excluding hydrogens is 252 g/mol. The van der Waals surface area contributed by atoms with E-state index in [0.717, 1.165) is 18.2 Å². The van der Waals surface area contributed by atoms with E-state index in [1.54, 1.807) is 19.1 Å². The average Bonchev–Trinajstić information content (AvgIpc) is 2.38. The van der Waals surface area contributed by atoms with Crippen molar-refractivity contribution in [2.24, 2.45) is 0 Å². The lowest BCUT2D eigenvalue weighted by molar-refractivity contribution is 0.0966. The smallest absolute Gasteiger partial charge is 0.253 e. The van der Waals surface area contributed by atoms with Crippen molar-refractivity contribution in [3.63, 3.8) is 0 Å². The highest BCUT2D eigenvalue weighted by Crippen LogP contribution is 2.11. The molecule has 0 amide bonds. The summed E-state index contributed by atoms with van der Waals surface area (Å²) in [7, 11) is 0. The zero-order valence-electron chi connectivity index (χ0n) is 10.2. The van der Waals surface area contributed by atoms with Crippen LogP contribution in [-0.4, -0.2) is 10.4 Å². The summed E-state index contributed by atoms with van der Waals surface area (Å²) in [5.74, 6) is -2.14. The number of aromatic nitrogens is 1. The molecule has 2 rings (SSSR count). The van der Waals surface area contributed by atoms with E-state index < -0.39 is 17.4 Å². The van der Waals surface area contributed by atoms with Crippen molar-refractivity contribution in [3.05, 3.63) is 69.6 Å². The summed E-state index contributed by atoms with van der Waals surface area (Å²) in [4.78, 5) is 23.6. The zero-order chi connectivity index (χ0) is 14.0. The molecule has 0 saturated carbocycles. The molecule has 0 aliphatic rings. The third-order valence-electron chi connectivity index (χ3n) is 2.75. The van der Waals surface area contributed by atoms with Crippen LogP contribution in [-0.2, 0) is 6.54 Å². The predicted octanol–water partition coefficient (Wildman–Crippen LogP) is 2.32. The van der Waals surface area contributed by atoms with Gasteiger partial charge in [-0.3, -0.25) is 9.59 Å². The maximum atomic E-state index is 13.4. The van der Waals surface area contributed by atoms with Crippen LogP contribution >= 0.6 is 0 Å². The Morgan fingerprint density at radius 3 is 2.74 bits per heavy atom. The van der Waals surface area contributed by atoms with E-state index in [0.29, 0.717) is 5.56 Å². The first kappa shape index (κ1) is 13.1. The van der Waals surface area contributed by atoms with Crippen LogP contribution in [0.15, 0.2) is 41.3 Å². The van der Waals surface area contributed by atoms with Gasteiger partial charge < -0.3 is 4.57 Å². The monoisotopic (exact) mass is 263 g/mol. The normalized spacial score (nSPS) is 10.5. The molecule has 0 aliphatic carbocycles. The highest BCUT2D eigenvalue weighted by Gasteiger charge is 2.14. The van der Waals surface area contributed by atoms with Crippen molar-refractivity contribution < 1.29 is 13.6 Å². The number of carbonyl (C=O) groups excluding carboxylic acids is 1. The minimum absolute atomic E-state index is 0.319. The fourth-order valence-electron chi connectivity index (χ4n) is 1.73. The summed E-state index contributed by atoms with van der Waals surface area (Å²) >= 11 is 0. The second kappa shape index (κ2) is 5.14. The second-order valence-electron chi connectivity index (χ2n) is 4.17. The SMILES string of the molecule is Cc1cccn(CC(=O)c2cc(F)ccc2F)c1=O. The summed E-state index contributed by atoms with van der Waals surface area (Å²) in [5, 5.41) is 0. The first-order chi connectivity index (χ1) is 8.99. The van der Waals surface area contributed by atoms with Crippen molar-refractivity contribution in [3.8, 4) is 0 Å². The van der Waals surface area contributed by atoms with Crippen LogP contribution in [0, 0.1) is 18.6 Å². The summed E-state index contributed by atoms with van der Waals surface area (Å²) in [5.41, 5.74) is -0.198. The Hall–Kier alpha value is -2.30. The minimum atomic E-state index is -0.799. The van der Waals surface area contributed by atoms with E-state index in [2.05, 4.69) is 0 Å². The van der Waals surface area contributed by atoms with Gasteiger partial charge in [0.2, 0.25) is 0 Å². The molecule has 0 radical (unpaired) electrons. The Morgan fingerprint density at radius 1 is 1.26 bits per heavy atom. The lowest BCUT2D eigenvalue weighted by atomic mass is 10.1. The number of rotatable bonds is 3. The number of carbonyl (C=O) groups is 1. The molecule has 2 aromatic rings. The molecule has 0 spiro atoms. The molecule has 0 atom stereocenters. The molecule has 1 heterocycles. The fourth-order valence-corrected chi connectivity index (χ4v) is 1.73. The highest BCUT2D eigenvalue weighted by molar-refractivity contribution is 5.96. The molecular formula is C14H11F2NO2. The third-order valence-corrected chi connectivity index (χ3v) is 2.75. The predicted molar refractivity (Wildman–Crippen MR) is 66.1 cm³/mol. The van der Waals surface area contributed by atoms with Crippen molar-refractivity contribution in [1.82, 2.24) is 4.57 Å². The van der Waals surface area contributed by atoms with Gasteiger partial charge in [0.15, 0.2) is 5.78 Å². The van der Waals surface area contributed by atoms with Crippen LogP contribution in [0.1, 0.15) is 15.9 Å². The number of nitrogens with zero attached hydrogens (tertiary/aromatic N) is 1. The summed E-state index contributed by atoms with van der Waals surface area (Å²) in [6, 6.07) is 5.89. The van der Waals surface area contributed by atoms with Crippen molar-refractivity contribution in [1.29, 1.82) is 0 Å². The van der Waals surface area contributed by atoms with Gasteiger partial charge in [-0.05, 0) is 31.2 Å². The average molecular weight is 263 g/mol. The van der Waals surface area contributed by atoms with Crippen LogP contribution in [0.5, 0.6) is 0 Å². The number of ketones is 1. The Kier molecular flexibility index (Phi) is 3.55. The van der Waals surface area contributed by atoms with Crippen molar-refractivity contribution in [2.45, 2.75) is 13.5 Å². The molecule has 0 unspecified atom stereocenters. The highest BCUT2D eigenvalue weighted by atomic mass is 19.1. The molecule has 5 heteroatoms. The van der Waals surface area contributed by atoms with E-state index in [1.165, 1.54) is 10.8 Å². The number of pyridine rings is 1. The summed E-state index contributed by atoms with van der Waals surface area (Å²) in [6.07, 6.45) is 1.43. The van der Waals surface area contributed by atoms with Crippen LogP contribution < -0.4 is 5.56 Å². The Labute approximate surface area is 108 Å². The summed E-state index contributed by atoms with van der Waals surface area (Å²) in [6.45, 7) is 1.30. The number of aryl methyl sites for hydroxylation is 1. The van der Waals surface area contributed by atoms with E-state index >= 15 is 0 Å². The first-order valence-corrected chi connectivity index (χ1v) is 5.63. The molecule has 0 N–H and O–H groups in total. The molecule has 0 saturated heterocycles. The third kappa shape index (κ3) is 2.76. The van der Waals surface area contributed by atoms with Crippen LogP contribution in [0.4, 0.5) is 8.78 Å². The molecule has 1 aromatic carbocycles. The van der Waals surface area contributed by atoms with Crippen LogP contribution in [0.25, 0.3) is 0 Å². The van der Waals surface area contributed by atoms with E-state index in [1.807, 2.05) is 0 Å². The molecule has 3 nitrogen and oxygen atoms in total. The van der Waals surface area contributed by atoms with Gasteiger partial charge in [0.25, 0.3) is 5.56 Å². The van der Waals surface area contributed by atoms with Gasteiger partial charge in [-0.1, -0.05) is 6.07 Å². The standard InChI is InChI=1S/C14H11F2NO2/c1-9-3-2-6-17(14(9)19)8-13(18)11-7-10(15)4-5-12(11)16/h2-7H,8H2,1H3. The lowest BCUT2D eigenvalue weighted by Gasteiger charge is -2.06. The number of hydrogen-bond acceptors (Lipinski definition) is 2. The minimum Gasteiger partial charge on any atom is -0.308 e.